The van der Waals surface area contributed by atoms with Crippen LogP contribution in [0.25, 0.3) is 0 Å². The average Bonchev–Trinajstić information content (AvgIpc) is 2.84. The lowest BCUT2D eigenvalue weighted by Gasteiger charge is -2.16. The van der Waals surface area contributed by atoms with Crippen molar-refractivity contribution in [3.05, 3.63) is 22.2 Å². The lowest BCUT2D eigenvalue weighted by molar-refractivity contribution is 0.238. The third-order valence-electron chi connectivity index (χ3n) is 3.15. The fourth-order valence-corrected chi connectivity index (χ4v) is 3.41. The van der Waals surface area contributed by atoms with Crippen molar-refractivity contribution in [1.82, 2.24) is 4.90 Å². The minimum absolute atomic E-state index is 0.126. The highest BCUT2D eigenvalue weighted by Gasteiger charge is 2.16. The molecular formula is C12H16Cl2N2O3S. The molecule has 1 aromatic carbocycles. The highest BCUT2D eigenvalue weighted by molar-refractivity contribution is 7.89. The second-order valence-electron chi connectivity index (χ2n) is 4.66. The zero-order chi connectivity index (χ0) is 14.8. The van der Waals surface area contributed by atoms with Gasteiger partial charge in [-0.15, -0.1) is 0 Å². The van der Waals surface area contributed by atoms with Crippen LogP contribution in [0.15, 0.2) is 17.0 Å². The molecule has 5 nitrogen and oxygen atoms in total. The predicted molar refractivity (Wildman–Crippen MR) is 79.0 cm³/mol. The van der Waals surface area contributed by atoms with Crippen LogP contribution in [0, 0.1) is 0 Å². The summed E-state index contributed by atoms with van der Waals surface area (Å²) in [5.41, 5.74) is 0. The van der Waals surface area contributed by atoms with Gasteiger partial charge in [-0.3, -0.25) is 4.90 Å². The zero-order valence-electron chi connectivity index (χ0n) is 10.8. The summed E-state index contributed by atoms with van der Waals surface area (Å²) < 4.78 is 28.1. The number of halogens is 2. The van der Waals surface area contributed by atoms with Gasteiger partial charge in [-0.05, 0) is 38.1 Å². The summed E-state index contributed by atoms with van der Waals surface area (Å²) >= 11 is 12.0. The van der Waals surface area contributed by atoms with E-state index < -0.39 is 10.0 Å². The maximum absolute atomic E-state index is 11.2. The van der Waals surface area contributed by atoms with E-state index in [2.05, 4.69) is 4.90 Å². The van der Waals surface area contributed by atoms with Gasteiger partial charge in [0.15, 0.2) is 5.75 Å². The van der Waals surface area contributed by atoms with Crippen molar-refractivity contribution in [3.8, 4) is 5.75 Å². The summed E-state index contributed by atoms with van der Waals surface area (Å²) in [7, 11) is -3.83. The molecule has 0 bridgehead atoms. The minimum Gasteiger partial charge on any atom is -0.489 e. The molecule has 1 saturated heterocycles. The smallest absolute Gasteiger partial charge is 0.238 e. The fourth-order valence-electron chi connectivity index (χ4n) is 2.12. The predicted octanol–water partition coefficient (Wildman–Crippen LogP) is 2.12. The van der Waals surface area contributed by atoms with E-state index in [-0.39, 0.29) is 14.9 Å². The monoisotopic (exact) mass is 338 g/mol. The van der Waals surface area contributed by atoms with Crippen LogP contribution in [-0.4, -0.2) is 39.6 Å². The van der Waals surface area contributed by atoms with Crippen LogP contribution in [0.2, 0.25) is 10.0 Å². The van der Waals surface area contributed by atoms with E-state index >= 15 is 0 Å². The fraction of sp³-hybridized carbons (Fsp3) is 0.500. The van der Waals surface area contributed by atoms with Crippen molar-refractivity contribution in [2.24, 2.45) is 5.14 Å². The Morgan fingerprint density at radius 3 is 2.25 bits per heavy atom. The van der Waals surface area contributed by atoms with Crippen molar-refractivity contribution >= 4 is 33.2 Å². The van der Waals surface area contributed by atoms with E-state index in [1.807, 2.05) is 0 Å². The van der Waals surface area contributed by atoms with Gasteiger partial charge in [-0.1, -0.05) is 23.2 Å². The molecule has 0 radical (unpaired) electrons. The molecule has 0 unspecified atom stereocenters. The summed E-state index contributed by atoms with van der Waals surface area (Å²) in [6, 6.07) is 2.49. The van der Waals surface area contributed by atoms with Gasteiger partial charge in [0, 0.05) is 6.54 Å². The van der Waals surface area contributed by atoms with Gasteiger partial charge in [-0.25, -0.2) is 13.6 Å². The van der Waals surface area contributed by atoms with E-state index in [0.717, 1.165) is 19.6 Å². The number of hydrogen-bond donors (Lipinski definition) is 1. The zero-order valence-corrected chi connectivity index (χ0v) is 13.1. The van der Waals surface area contributed by atoms with Crippen LogP contribution in [0.4, 0.5) is 0 Å². The number of hydrogen-bond acceptors (Lipinski definition) is 4. The normalized spacial score (nSPS) is 16.6. The van der Waals surface area contributed by atoms with E-state index in [4.69, 9.17) is 33.1 Å². The maximum Gasteiger partial charge on any atom is 0.238 e. The van der Waals surface area contributed by atoms with Gasteiger partial charge in [0.05, 0.1) is 14.9 Å². The van der Waals surface area contributed by atoms with Crippen molar-refractivity contribution in [2.45, 2.75) is 17.7 Å². The van der Waals surface area contributed by atoms with Gasteiger partial charge >= 0.3 is 0 Å². The quantitative estimate of drug-likeness (QED) is 0.892. The Hall–Kier alpha value is -0.530. The van der Waals surface area contributed by atoms with Crippen LogP contribution in [0.3, 0.4) is 0 Å². The summed E-state index contributed by atoms with van der Waals surface area (Å²) in [5, 5.41) is 5.32. The summed E-state index contributed by atoms with van der Waals surface area (Å²) in [4.78, 5) is 2.17. The van der Waals surface area contributed by atoms with E-state index in [9.17, 15) is 8.42 Å². The number of nitrogens with zero attached hydrogens (tertiary/aromatic N) is 1. The third kappa shape index (κ3) is 3.99. The minimum atomic E-state index is -3.83. The molecular weight excluding hydrogens is 323 g/mol. The SMILES string of the molecule is NS(=O)(=O)c1cc(Cl)c(OCCN2CCCC2)c(Cl)c1. The standard InChI is InChI=1S/C12H16Cl2N2O3S/c13-10-7-9(20(15,17)18)8-11(14)12(10)19-6-5-16-3-1-2-4-16/h7-8H,1-6H2,(H2,15,17,18). The Morgan fingerprint density at radius 1 is 1.20 bits per heavy atom. The molecule has 0 spiro atoms. The first-order valence-electron chi connectivity index (χ1n) is 6.25. The second-order valence-corrected chi connectivity index (χ2v) is 7.03. The lowest BCUT2D eigenvalue weighted by atomic mass is 10.3. The first-order valence-corrected chi connectivity index (χ1v) is 8.55. The maximum atomic E-state index is 11.2. The van der Waals surface area contributed by atoms with Crippen LogP contribution < -0.4 is 9.88 Å². The van der Waals surface area contributed by atoms with Gasteiger partial charge < -0.3 is 4.74 Å². The summed E-state index contributed by atoms with van der Waals surface area (Å²) in [5.74, 6) is 0.292. The molecule has 1 fully saturated rings. The third-order valence-corrected chi connectivity index (χ3v) is 4.61. The van der Waals surface area contributed by atoms with Gasteiger partial charge in [0.2, 0.25) is 10.0 Å². The molecule has 1 aromatic rings. The highest BCUT2D eigenvalue weighted by Crippen LogP contribution is 2.35. The van der Waals surface area contributed by atoms with Crippen molar-refractivity contribution in [2.75, 3.05) is 26.2 Å². The van der Waals surface area contributed by atoms with Crippen LogP contribution in [0.1, 0.15) is 12.8 Å². The topological polar surface area (TPSA) is 72.6 Å². The molecule has 0 saturated carbocycles. The number of primary sulfonamides is 1. The number of likely N-dealkylation sites (tertiary alicyclic amines) is 1. The molecule has 1 heterocycles. The Balaban J connectivity index is 2.04. The molecule has 2 N–H and O–H groups in total. The average molecular weight is 339 g/mol. The van der Waals surface area contributed by atoms with Crippen LogP contribution in [-0.2, 0) is 10.0 Å². The molecule has 0 amide bonds. The Kier molecular flexibility index (Phi) is 5.14. The number of benzene rings is 1. The first-order chi connectivity index (χ1) is 9.38. The van der Waals surface area contributed by atoms with Gasteiger partial charge in [0.25, 0.3) is 0 Å². The number of ether oxygens (including phenoxy) is 1. The molecule has 1 aliphatic rings. The first kappa shape index (κ1) is 15.9. The Labute approximate surface area is 128 Å². The van der Waals surface area contributed by atoms with Crippen LogP contribution >= 0.6 is 23.2 Å². The molecule has 0 aliphatic carbocycles. The molecule has 0 atom stereocenters. The molecule has 0 aromatic heterocycles. The second kappa shape index (κ2) is 6.49. The van der Waals surface area contributed by atoms with Crippen molar-refractivity contribution in [3.63, 3.8) is 0 Å². The molecule has 112 valence electrons. The van der Waals surface area contributed by atoms with Crippen LogP contribution in [0.5, 0.6) is 5.75 Å². The number of rotatable bonds is 5. The van der Waals surface area contributed by atoms with Gasteiger partial charge in [0.1, 0.15) is 6.61 Å². The molecule has 20 heavy (non-hydrogen) atoms. The lowest BCUT2D eigenvalue weighted by Crippen LogP contribution is -2.25. The Morgan fingerprint density at radius 2 is 1.75 bits per heavy atom. The van der Waals surface area contributed by atoms with Crippen molar-refractivity contribution < 1.29 is 13.2 Å². The highest BCUT2D eigenvalue weighted by atomic mass is 35.5. The number of nitrogens with two attached hydrogens (primary N) is 1. The van der Waals surface area contributed by atoms with E-state index in [0.29, 0.717) is 12.4 Å². The van der Waals surface area contributed by atoms with E-state index in [1.165, 1.54) is 25.0 Å². The molecule has 2 rings (SSSR count). The molecule has 8 heteroatoms. The van der Waals surface area contributed by atoms with Crippen molar-refractivity contribution in [1.29, 1.82) is 0 Å². The Bertz CT molecular complexity index is 563. The van der Waals surface area contributed by atoms with Gasteiger partial charge in [-0.2, -0.15) is 0 Å². The summed E-state index contributed by atoms with van der Waals surface area (Å²) in [6.07, 6.45) is 2.43. The van der Waals surface area contributed by atoms with E-state index in [1.54, 1.807) is 0 Å². The molecule has 1 aliphatic heterocycles. The largest absolute Gasteiger partial charge is 0.489 e. The number of sulfonamides is 1. The summed E-state index contributed by atoms with van der Waals surface area (Å²) in [6.45, 7) is 3.40.